The molecule has 0 saturated carbocycles. The van der Waals surface area contributed by atoms with E-state index in [4.69, 9.17) is 15.2 Å². The minimum Gasteiger partial charge on any atom is -0.467 e. The van der Waals surface area contributed by atoms with Crippen LogP contribution >= 0.6 is 0 Å². The quantitative estimate of drug-likeness (QED) is 0.642. The van der Waals surface area contributed by atoms with Gasteiger partial charge >= 0.3 is 0 Å². The predicted octanol–water partition coefficient (Wildman–Crippen LogP) is 2.84. The number of hydrogen-bond donors (Lipinski definition) is 1. The van der Waals surface area contributed by atoms with Gasteiger partial charge < -0.3 is 15.2 Å². The van der Waals surface area contributed by atoms with Crippen LogP contribution < -0.4 is 10.5 Å². The van der Waals surface area contributed by atoms with Gasteiger partial charge in [0.1, 0.15) is 11.6 Å². The molecule has 0 aliphatic heterocycles. The second-order valence-corrected chi connectivity index (χ2v) is 4.02. The van der Waals surface area contributed by atoms with E-state index in [1.54, 1.807) is 12.1 Å². The van der Waals surface area contributed by atoms with Gasteiger partial charge in [-0.1, -0.05) is 36.4 Å². The average Bonchev–Trinajstić information content (AvgIpc) is 2.45. The third-order valence-electron chi connectivity index (χ3n) is 2.69. The van der Waals surface area contributed by atoms with Gasteiger partial charge in [0.05, 0.1) is 6.61 Å². The summed E-state index contributed by atoms with van der Waals surface area (Å²) in [5.74, 6) is 0.0682. The van der Waals surface area contributed by atoms with Crippen LogP contribution in [0, 0.1) is 5.82 Å². The van der Waals surface area contributed by atoms with E-state index >= 15 is 0 Å². The Hall–Kier alpha value is -1.91. The van der Waals surface area contributed by atoms with Crippen molar-refractivity contribution in [2.75, 3.05) is 6.79 Å². The Labute approximate surface area is 111 Å². The summed E-state index contributed by atoms with van der Waals surface area (Å²) in [7, 11) is 0. The largest absolute Gasteiger partial charge is 0.467 e. The van der Waals surface area contributed by atoms with Gasteiger partial charge in [0, 0.05) is 12.1 Å². The van der Waals surface area contributed by atoms with Crippen LogP contribution in [-0.4, -0.2) is 6.79 Å². The summed E-state index contributed by atoms with van der Waals surface area (Å²) in [4.78, 5) is 0. The van der Waals surface area contributed by atoms with Gasteiger partial charge in [-0.3, -0.25) is 0 Å². The lowest BCUT2D eigenvalue weighted by atomic mass is 10.2. The Morgan fingerprint density at radius 2 is 1.79 bits per heavy atom. The van der Waals surface area contributed by atoms with Crippen LogP contribution in [0.25, 0.3) is 0 Å². The molecule has 4 heteroatoms. The van der Waals surface area contributed by atoms with Gasteiger partial charge in [0.15, 0.2) is 6.79 Å². The Balaban J connectivity index is 1.85. The Bertz CT molecular complexity index is 517. The van der Waals surface area contributed by atoms with E-state index < -0.39 is 0 Å². The maximum absolute atomic E-state index is 13.4. The van der Waals surface area contributed by atoms with Crippen LogP contribution in [-0.2, 0) is 17.9 Å². The standard InChI is InChI=1S/C15H16FNO2/c16-14-7-4-8-15(13(14)9-17)19-11-18-10-12-5-2-1-3-6-12/h1-8H,9-11,17H2. The van der Waals surface area contributed by atoms with Gasteiger partial charge in [-0.25, -0.2) is 4.39 Å². The summed E-state index contributed by atoms with van der Waals surface area (Å²) in [5, 5.41) is 0. The molecule has 0 aliphatic rings. The van der Waals surface area contributed by atoms with Crippen molar-refractivity contribution in [3.63, 3.8) is 0 Å². The van der Waals surface area contributed by atoms with Gasteiger partial charge in [-0.2, -0.15) is 0 Å². The summed E-state index contributed by atoms with van der Waals surface area (Å²) < 4.78 is 24.2. The highest BCUT2D eigenvalue weighted by molar-refractivity contribution is 5.34. The Morgan fingerprint density at radius 1 is 1.00 bits per heavy atom. The third kappa shape index (κ3) is 3.77. The lowest BCUT2D eigenvalue weighted by Gasteiger charge is -2.11. The molecule has 19 heavy (non-hydrogen) atoms. The van der Waals surface area contributed by atoms with Gasteiger partial charge in [-0.15, -0.1) is 0 Å². The first-order valence-corrected chi connectivity index (χ1v) is 6.03. The molecule has 2 rings (SSSR count). The Kier molecular flexibility index (Phi) is 4.89. The molecule has 2 aromatic rings. The van der Waals surface area contributed by atoms with Gasteiger partial charge in [0.2, 0.25) is 0 Å². The summed E-state index contributed by atoms with van der Waals surface area (Å²) in [6.45, 7) is 0.611. The zero-order valence-corrected chi connectivity index (χ0v) is 10.5. The molecular weight excluding hydrogens is 245 g/mol. The van der Waals surface area contributed by atoms with Crippen molar-refractivity contribution in [1.29, 1.82) is 0 Å². The number of benzene rings is 2. The third-order valence-corrected chi connectivity index (χ3v) is 2.69. The summed E-state index contributed by atoms with van der Waals surface area (Å²) in [5.41, 5.74) is 6.91. The molecule has 0 aliphatic carbocycles. The van der Waals surface area contributed by atoms with Crippen LogP contribution in [0.2, 0.25) is 0 Å². The van der Waals surface area contributed by atoms with Crippen molar-refractivity contribution < 1.29 is 13.9 Å². The zero-order valence-electron chi connectivity index (χ0n) is 10.5. The van der Waals surface area contributed by atoms with Crippen molar-refractivity contribution in [3.05, 3.63) is 65.5 Å². The molecule has 0 unspecified atom stereocenters. The van der Waals surface area contributed by atoms with Crippen molar-refractivity contribution >= 4 is 0 Å². The number of ether oxygens (including phenoxy) is 2. The second kappa shape index (κ2) is 6.87. The summed E-state index contributed by atoms with van der Waals surface area (Å²) >= 11 is 0. The van der Waals surface area contributed by atoms with Crippen LogP contribution in [0.3, 0.4) is 0 Å². The predicted molar refractivity (Wildman–Crippen MR) is 71.0 cm³/mol. The summed E-state index contributed by atoms with van der Waals surface area (Å²) in [6.07, 6.45) is 0. The first-order chi connectivity index (χ1) is 9.31. The first kappa shape index (κ1) is 13.5. The van der Waals surface area contributed by atoms with Crippen LogP contribution in [0.15, 0.2) is 48.5 Å². The monoisotopic (exact) mass is 261 g/mol. The van der Waals surface area contributed by atoms with Crippen molar-refractivity contribution in [3.8, 4) is 5.75 Å². The molecular formula is C15H16FNO2. The minimum atomic E-state index is -0.358. The lowest BCUT2D eigenvalue weighted by molar-refractivity contribution is 0.00437. The smallest absolute Gasteiger partial charge is 0.189 e. The zero-order chi connectivity index (χ0) is 13.5. The van der Waals surface area contributed by atoms with E-state index in [0.29, 0.717) is 17.9 Å². The molecule has 3 nitrogen and oxygen atoms in total. The van der Waals surface area contributed by atoms with Crippen LogP contribution in [0.5, 0.6) is 5.75 Å². The fourth-order valence-corrected chi connectivity index (χ4v) is 1.71. The fraction of sp³-hybridized carbons (Fsp3) is 0.200. The first-order valence-electron chi connectivity index (χ1n) is 6.03. The lowest BCUT2D eigenvalue weighted by Crippen LogP contribution is -2.08. The average molecular weight is 261 g/mol. The molecule has 2 N–H and O–H groups in total. The second-order valence-electron chi connectivity index (χ2n) is 4.02. The molecule has 0 spiro atoms. The highest BCUT2D eigenvalue weighted by Crippen LogP contribution is 2.20. The van der Waals surface area contributed by atoms with E-state index in [1.165, 1.54) is 6.07 Å². The van der Waals surface area contributed by atoms with E-state index in [1.807, 2.05) is 30.3 Å². The molecule has 0 heterocycles. The van der Waals surface area contributed by atoms with Gasteiger partial charge in [0.25, 0.3) is 0 Å². The maximum Gasteiger partial charge on any atom is 0.189 e. The van der Waals surface area contributed by atoms with Crippen molar-refractivity contribution in [2.45, 2.75) is 13.2 Å². The SMILES string of the molecule is NCc1c(F)cccc1OCOCc1ccccc1. The number of halogens is 1. The van der Waals surface area contributed by atoms with E-state index in [0.717, 1.165) is 5.56 Å². The van der Waals surface area contributed by atoms with Crippen molar-refractivity contribution in [1.82, 2.24) is 0 Å². The molecule has 0 aromatic heterocycles. The maximum atomic E-state index is 13.4. The molecule has 0 fully saturated rings. The molecule has 0 radical (unpaired) electrons. The van der Waals surface area contributed by atoms with E-state index in [-0.39, 0.29) is 19.2 Å². The normalized spacial score (nSPS) is 10.4. The minimum absolute atomic E-state index is 0.0609. The molecule has 100 valence electrons. The highest BCUT2D eigenvalue weighted by atomic mass is 19.1. The van der Waals surface area contributed by atoms with Gasteiger partial charge in [-0.05, 0) is 17.7 Å². The molecule has 0 bridgehead atoms. The number of hydrogen-bond acceptors (Lipinski definition) is 3. The number of rotatable bonds is 6. The topological polar surface area (TPSA) is 44.5 Å². The summed E-state index contributed by atoms with van der Waals surface area (Å²) in [6, 6.07) is 14.4. The van der Waals surface area contributed by atoms with E-state index in [2.05, 4.69) is 0 Å². The fourth-order valence-electron chi connectivity index (χ4n) is 1.71. The molecule has 0 saturated heterocycles. The molecule has 0 atom stereocenters. The van der Waals surface area contributed by atoms with Crippen LogP contribution in [0.1, 0.15) is 11.1 Å². The molecule has 0 amide bonds. The Morgan fingerprint density at radius 3 is 2.53 bits per heavy atom. The van der Waals surface area contributed by atoms with Crippen molar-refractivity contribution in [2.24, 2.45) is 5.73 Å². The number of nitrogens with two attached hydrogens (primary N) is 1. The van der Waals surface area contributed by atoms with E-state index in [9.17, 15) is 4.39 Å². The molecule has 2 aromatic carbocycles. The van der Waals surface area contributed by atoms with Crippen LogP contribution in [0.4, 0.5) is 4.39 Å². The highest BCUT2D eigenvalue weighted by Gasteiger charge is 2.07.